The molecule has 2 aliphatic heterocycles. The molecule has 1 N–H and O–H groups in total. The Hall–Kier alpha value is -0.650. The average molecular weight is 256 g/mol. The highest BCUT2D eigenvalue weighted by atomic mass is 16.5. The van der Waals surface area contributed by atoms with Crippen LogP contribution in [0.2, 0.25) is 0 Å². The number of aliphatic hydroxyl groups is 1. The Kier molecular flexibility index (Phi) is 5.41. The zero-order valence-electron chi connectivity index (χ0n) is 11.0. The highest BCUT2D eigenvalue weighted by Gasteiger charge is 2.21. The van der Waals surface area contributed by atoms with Crippen LogP contribution in [0.4, 0.5) is 0 Å². The van der Waals surface area contributed by atoms with Crippen LogP contribution in [-0.2, 0) is 9.53 Å². The van der Waals surface area contributed by atoms with Gasteiger partial charge in [0.25, 0.3) is 0 Å². The summed E-state index contributed by atoms with van der Waals surface area (Å²) in [6.45, 7) is 5.90. The van der Waals surface area contributed by atoms with Crippen molar-refractivity contribution in [1.29, 1.82) is 0 Å². The molecule has 0 aromatic carbocycles. The van der Waals surface area contributed by atoms with E-state index < -0.39 is 0 Å². The molecule has 0 bridgehead atoms. The number of ether oxygens (including phenoxy) is 1. The summed E-state index contributed by atoms with van der Waals surface area (Å²) in [5.74, 6) is 0.640. The number of carbonyl (C=O) groups is 1. The lowest BCUT2D eigenvalue weighted by Crippen LogP contribution is -2.43. The minimum Gasteiger partial charge on any atom is -0.396 e. The summed E-state index contributed by atoms with van der Waals surface area (Å²) >= 11 is 0. The van der Waals surface area contributed by atoms with Crippen LogP contribution < -0.4 is 0 Å². The van der Waals surface area contributed by atoms with Gasteiger partial charge in [0.15, 0.2) is 0 Å². The maximum absolute atomic E-state index is 12.0. The highest BCUT2D eigenvalue weighted by molar-refractivity contribution is 5.76. The molecule has 0 spiro atoms. The molecule has 0 aromatic rings. The summed E-state index contributed by atoms with van der Waals surface area (Å²) in [4.78, 5) is 16.2. The lowest BCUT2D eigenvalue weighted by Gasteiger charge is -2.32. The Bertz CT molecular complexity index is 267. The molecule has 5 heteroatoms. The third-order valence-corrected chi connectivity index (χ3v) is 3.87. The molecule has 0 aromatic heterocycles. The topological polar surface area (TPSA) is 53.0 Å². The number of hydrogen-bond acceptors (Lipinski definition) is 4. The number of carbonyl (C=O) groups excluding carboxylic acids is 1. The molecule has 2 heterocycles. The number of hydrogen-bond donors (Lipinski definition) is 1. The van der Waals surface area contributed by atoms with E-state index in [2.05, 4.69) is 4.90 Å². The van der Waals surface area contributed by atoms with Crippen LogP contribution in [0, 0.1) is 5.92 Å². The van der Waals surface area contributed by atoms with E-state index in [9.17, 15) is 9.90 Å². The van der Waals surface area contributed by atoms with Gasteiger partial charge in [0.05, 0.1) is 13.2 Å². The monoisotopic (exact) mass is 256 g/mol. The minimum absolute atomic E-state index is 0.240. The summed E-state index contributed by atoms with van der Waals surface area (Å²) < 4.78 is 5.24. The molecule has 1 atom stereocenters. The van der Waals surface area contributed by atoms with Crippen LogP contribution in [0.5, 0.6) is 0 Å². The average Bonchev–Trinajstić information content (AvgIpc) is 2.46. The summed E-state index contributed by atoms with van der Waals surface area (Å²) in [7, 11) is 0. The van der Waals surface area contributed by atoms with Crippen molar-refractivity contribution in [3.8, 4) is 0 Å². The molecule has 104 valence electrons. The van der Waals surface area contributed by atoms with Gasteiger partial charge in [0.2, 0.25) is 5.91 Å². The van der Waals surface area contributed by atoms with Crippen LogP contribution >= 0.6 is 0 Å². The van der Waals surface area contributed by atoms with E-state index in [4.69, 9.17) is 4.74 Å². The second kappa shape index (κ2) is 7.07. The van der Waals surface area contributed by atoms with Gasteiger partial charge >= 0.3 is 0 Å². The fourth-order valence-corrected chi connectivity index (χ4v) is 2.73. The third kappa shape index (κ3) is 3.93. The van der Waals surface area contributed by atoms with E-state index in [1.165, 1.54) is 0 Å². The molecule has 2 fully saturated rings. The van der Waals surface area contributed by atoms with Crippen LogP contribution in [-0.4, -0.2) is 73.4 Å². The zero-order valence-corrected chi connectivity index (χ0v) is 11.0. The van der Waals surface area contributed by atoms with Gasteiger partial charge in [-0.1, -0.05) is 0 Å². The fourth-order valence-electron chi connectivity index (χ4n) is 2.73. The number of rotatable bonds is 4. The van der Waals surface area contributed by atoms with Crippen molar-refractivity contribution in [2.75, 3.05) is 52.5 Å². The molecule has 5 nitrogen and oxygen atoms in total. The Morgan fingerprint density at radius 3 is 2.78 bits per heavy atom. The summed E-state index contributed by atoms with van der Waals surface area (Å²) in [6.07, 6.45) is 2.85. The molecule has 1 amide bonds. The molecule has 0 aliphatic carbocycles. The fraction of sp³-hybridized carbons (Fsp3) is 0.923. The first kappa shape index (κ1) is 13.8. The maximum Gasteiger partial charge on any atom is 0.224 e. The van der Waals surface area contributed by atoms with Gasteiger partial charge in [-0.3, -0.25) is 4.79 Å². The maximum atomic E-state index is 12.0. The second-order valence-corrected chi connectivity index (χ2v) is 5.23. The van der Waals surface area contributed by atoms with Gasteiger partial charge in [-0.25, -0.2) is 0 Å². The Morgan fingerprint density at radius 1 is 1.28 bits per heavy atom. The van der Waals surface area contributed by atoms with Crippen molar-refractivity contribution in [2.24, 2.45) is 5.92 Å². The molecule has 1 unspecified atom stereocenters. The minimum atomic E-state index is 0.240. The predicted molar refractivity (Wildman–Crippen MR) is 68.3 cm³/mol. The van der Waals surface area contributed by atoms with Gasteiger partial charge in [-0.05, 0) is 25.3 Å². The molecule has 0 radical (unpaired) electrons. The van der Waals surface area contributed by atoms with E-state index in [0.717, 1.165) is 45.6 Å². The first-order chi connectivity index (χ1) is 8.79. The number of likely N-dealkylation sites (tertiary alicyclic amines) is 1. The molecule has 2 saturated heterocycles. The number of morpholine rings is 1. The Morgan fingerprint density at radius 2 is 2.06 bits per heavy atom. The van der Waals surface area contributed by atoms with Gasteiger partial charge in [0, 0.05) is 39.2 Å². The van der Waals surface area contributed by atoms with Crippen molar-refractivity contribution in [3.63, 3.8) is 0 Å². The smallest absolute Gasteiger partial charge is 0.224 e. The van der Waals surface area contributed by atoms with Gasteiger partial charge in [-0.15, -0.1) is 0 Å². The Labute approximate surface area is 109 Å². The highest BCUT2D eigenvalue weighted by Crippen LogP contribution is 2.16. The van der Waals surface area contributed by atoms with E-state index in [1.807, 2.05) is 4.90 Å². The second-order valence-electron chi connectivity index (χ2n) is 5.23. The zero-order chi connectivity index (χ0) is 12.8. The van der Waals surface area contributed by atoms with Crippen LogP contribution in [0.3, 0.4) is 0 Å². The largest absolute Gasteiger partial charge is 0.396 e. The van der Waals surface area contributed by atoms with Crippen molar-refractivity contribution in [3.05, 3.63) is 0 Å². The first-order valence-corrected chi connectivity index (χ1v) is 6.98. The summed E-state index contributed by atoms with van der Waals surface area (Å²) in [5, 5.41) is 9.17. The van der Waals surface area contributed by atoms with Crippen molar-refractivity contribution < 1.29 is 14.6 Å². The number of amides is 1. The predicted octanol–water partition coefficient (Wildman–Crippen LogP) is -0.0604. The van der Waals surface area contributed by atoms with E-state index in [1.54, 1.807) is 0 Å². The summed E-state index contributed by atoms with van der Waals surface area (Å²) in [6, 6.07) is 0. The van der Waals surface area contributed by atoms with Crippen LogP contribution in [0.1, 0.15) is 19.3 Å². The van der Waals surface area contributed by atoms with Crippen molar-refractivity contribution in [2.45, 2.75) is 19.3 Å². The Balaban J connectivity index is 1.68. The van der Waals surface area contributed by atoms with E-state index in [0.29, 0.717) is 25.6 Å². The normalized spacial score (nSPS) is 26.3. The SMILES string of the molecule is O=C(CCN1CCCC(CO)C1)N1CCOCC1. The van der Waals surface area contributed by atoms with Crippen LogP contribution in [0.15, 0.2) is 0 Å². The van der Waals surface area contributed by atoms with E-state index >= 15 is 0 Å². The number of piperidine rings is 1. The molecule has 2 rings (SSSR count). The van der Waals surface area contributed by atoms with Crippen molar-refractivity contribution in [1.82, 2.24) is 9.80 Å². The molecular formula is C13H24N2O3. The number of nitrogens with zero attached hydrogens (tertiary/aromatic N) is 2. The van der Waals surface area contributed by atoms with Crippen molar-refractivity contribution >= 4 is 5.91 Å². The molecule has 18 heavy (non-hydrogen) atoms. The molecular weight excluding hydrogens is 232 g/mol. The van der Waals surface area contributed by atoms with E-state index in [-0.39, 0.29) is 12.5 Å². The summed E-state index contributed by atoms with van der Waals surface area (Å²) in [5.41, 5.74) is 0. The lowest BCUT2D eigenvalue weighted by atomic mass is 9.99. The molecule has 2 aliphatic rings. The standard InChI is InChI=1S/C13H24N2O3/c16-11-12-2-1-4-14(10-12)5-3-13(17)15-6-8-18-9-7-15/h12,16H,1-11H2. The van der Waals surface area contributed by atoms with Crippen LogP contribution in [0.25, 0.3) is 0 Å². The quantitative estimate of drug-likeness (QED) is 0.765. The van der Waals surface area contributed by atoms with Gasteiger partial charge in [-0.2, -0.15) is 0 Å². The van der Waals surface area contributed by atoms with Gasteiger partial charge < -0.3 is 19.6 Å². The van der Waals surface area contributed by atoms with Gasteiger partial charge in [0.1, 0.15) is 0 Å². The number of aliphatic hydroxyl groups excluding tert-OH is 1. The lowest BCUT2D eigenvalue weighted by molar-refractivity contribution is -0.135. The molecule has 0 saturated carbocycles. The first-order valence-electron chi connectivity index (χ1n) is 6.98. The third-order valence-electron chi connectivity index (χ3n) is 3.87.